The van der Waals surface area contributed by atoms with E-state index in [-0.39, 0.29) is 16.8 Å². The number of fused-ring (bicyclic) bond motifs is 1. The van der Waals surface area contributed by atoms with Crippen molar-refractivity contribution >= 4 is 45.2 Å². The molecule has 0 radical (unpaired) electrons. The van der Waals surface area contributed by atoms with Crippen LogP contribution < -0.4 is 9.64 Å². The Balaban J connectivity index is 2.87. The summed E-state index contributed by atoms with van der Waals surface area (Å²) < 4.78 is 19.6. The normalized spacial score (nSPS) is 15.2. The van der Waals surface area contributed by atoms with Gasteiger partial charge in [-0.1, -0.05) is 0 Å². The van der Waals surface area contributed by atoms with Crippen LogP contribution in [-0.2, 0) is 23.8 Å². The number of hydrogen-bond donors (Lipinski definition) is 1. The van der Waals surface area contributed by atoms with Crippen LogP contribution in [-0.4, -0.2) is 57.8 Å². The molecular formula is C16H16BrNO8. The number of aliphatic hydroxyl groups excluding tert-OH is 1. The van der Waals surface area contributed by atoms with E-state index in [9.17, 15) is 19.5 Å². The van der Waals surface area contributed by atoms with E-state index >= 15 is 0 Å². The highest BCUT2D eigenvalue weighted by Gasteiger charge is 2.43. The molecule has 1 aliphatic heterocycles. The lowest BCUT2D eigenvalue weighted by Gasteiger charge is -2.20. The lowest BCUT2D eigenvalue weighted by molar-refractivity contribution is -0.144. The fourth-order valence-electron chi connectivity index (χ4n) is 2.58. The summed E-state index contributed by atoms with van der Waals surface area (Å²) in [5.74, 6) is -1.69. The van der Waals surface area contributed by atoms with E-state index < -0.39 is 29.8 Å². The summed E-state index contributed by atoms with van der Waals surface area (Å²) in [7, 11) is 4.71. The third-order valence-corrected chi connectivity index (χ3v) is 4.36. The third-order valence-electron chi connectivity index (χ3n) is 3.74. The molecule has 1 unspecified atom stereocenters. The molecule has 0 aromatic heterocycles. The number of aliphatic hydroxyl groups is 1. The van der Waals surface area contributed by atoms with Crippen LogP contribution in [0, 0.1) is 0 Å². The topological polar surface area (TPSA) is 112 Å². The Hall–Kier alpha value is -2.59. The minimum Gasteiger partial charge on any atom is -0.496 e. The molecule has 0 spiro atoms. The summed E-state index contributed by atoms with van der Waals surface area (Å²) in [5, 5.41) is 10.7. The number of carbonyl (C=O) groups excluding carboxylic acids is 3. The molecule has 2 rings (SSSR count). The standard InChI is InChI=1S/C16H16BrNO8/c1-23-10-5-7-9(6-8(10)17)18(16(22)26-4)13(19)11(7)12(14(20)24-2)15(21)25-3/h5-6,13,19H,1-4H3. The lowest BCUT2D eigenvalue weighted by Crippen LogP contribution is -2.38. The van der Waals surface area contributed by atoms with Crippen LogP contribution in [0.4, 0.5) is 10.5 Å². The van der Waals surface area contributed by atoms with Crippen LogP contribution in [0.2, 0.25) is 0 Å². The zero-order valence-corrected chi connectivity index (χ0v) is 15.9. The second-order valence-corrected chi connectivity index (χ2v) is 5.84. The molecular weight excluding hydrogens is 414 g/mol. The van der Waals surface area contributed by atoms with Gasteiger partial charge in [-0.15, -0.1) is 0 Å². The van der Waals surface area contributed by atoms with E-state index in [1.54, 1.807) is 0 Å². The van der Waals surface area contributed by atoms with E-state index in [2.05, 4.69) is 30.1 Å². The smallest absolute Gasteiger partial charge is 0.416 e. The summed E-state index contributed by atoms with van der Waals surface area (Å²) in [6, 6.07) is 2.96. The number of methoxy groups -OCH3 is 4. The molecule has 1 aromatic carbocycles. The molecule has 0 aliphatic carbocycles. The maximum Gasteiger partial charge on any atom is 0.416 e. The minimum absolute atomic E-state index is 0.157. The van der Waals surface area contributed by atoms with Crippen molar-refractivity contribution in [2.75, 3.05) is 33.3 Å². The largest absolute Gasteiger partial charge is 0.496 e. The fourth-order valence-corrected chi connectivity index (χ4v) is 3.08. The maximum absolute atomic E-state index is 12.2. The predicted octanol–water partition coefficient (Wildman–Crippen LogP) is 1.46. The second-order valence-electron chi connectivity index (χ2n) is 4.99. The molecule has 1 amide bonds. The lowest BCUT2D eigenvalue weighted by atomic mass is 10.00. The molecule has 1 atom stereocenters. The van der Waals surface area contributed by atoms with Gasteiger partial charge in [0, 0.05) is 11.1 Å². The molecule has 1 heterocycles. The highest BCUT2D eigenvalue weighted by molar-refractivity contribution is 9.10. The van der Waals surface area contributed by atoms with Gasteiger partial charge in [0.2, 0.25) is 0 Å². The first kappa shape index (κ1) is 19.7. The van der Waals surface area contributed by atoms with Crippen molar-refractivity contribution in [3.05, 3.63) is 27.7 Å². The number of rotatable bonds is 3. The molecule has 9 nitrogen and oxygen atoms in total. The minimum atomic E-state index is -1.68. The first-order chi connectivity index (χ1) is 12.3. The van der Waals surface area contributed by atoms with Crippen LogP contribution >= 0.6 is 15.9 Å². The first-order valence-electron chi connectivity index (χ1n) is 7.16. The quantitative estimate of drug-likeness (QED) is 0.252. The molecule has 1 aliphatic rings. The second kappa shape index (κ2) is 7.75. The summed E-state index contributed by atoms with van der Waals surface area (Å²) in [4.78, 5) is 37.3. The summed E-state index contributed by atoms with van der Waals surface area (Å²) in [5.41, 5.74) is -0.277. The summed E-state index contributed by atoms with van der Waals surface area (Å²) in [6.07, 6.45) is -2.57. The Morgan fingerprint density at radius 1 is 1.04 bits per heavy atom. The monoisotopic (exact) mass is 429 g/mol. The van der Waals surface area contributed by atoms with Gasteiger partial charge in [-0.2, -0.15) is 0 Å². The van der Waals surface area contributed by atoms with Crippen molar-refractivity contribution in [3.8, 4) is 5.75 Å². The van der Waals surface area contributed by atoms with Crippen molar-refractivity contribution in [1.82, 2.24) is 0 Å². The van der Waals surface area contributed by atoms with Crippen molar-refractivity contribution in [1.29, 1.82) is 0 Å². The zero-order chi connectivity index (χ0) is 19.6. The van der Waals surface area contributed by atoms with Gasteiger partial charge in [0.05, 0.1) is 38.6 Å². The van der Waals surface area contributed by atoms with Crippen molar-refractivity contribution in [3.63, 3.8) is 0 Å². The van der Waals surface area contributed by atoms with E-state index in [4.69, 9.17) is 4.74 Å². The molecule has 1 N–H and O–H groups in total. The van der Waals surface area contributed by atoms with E-state index in [1.807, 2.05) is 0 Å². The number of anilines is 1. The van der Waals surface area contributed by atoms with Crippen molar-refractivity contribution in [2.24, 2.45) is 0 Å². The van der Waals surface area contributed by atoms with Gasteiger partial charge in [0.25, 0.3) is 0 Å². The van der Waals surface area contributed by atoms with Gasteiger partial charge >= 0.3 is 18.0 Å². The summed E-state index contributed by atoms with van der Waals surface area (Å²) >= 11 is 3.29. The van der Waals surface area contributed by atoms with Gasteiger partial charge < -0.3 is 24.1 Å². The molecule has 1 aromatic rings. The van der Waals surface area contributed by atoms with Gasteiger partial charge in [0.15, 0.2) is 11.8 Å². The average Bonchev–Trinajstić information content (AvgIpc) is 2.91. The van der Waals surface area contributed by atoms with E-state index in [0.29, 0.717) is 10.2 Å². The Morgan fingerprint density at radius 3 is 2.08 bits per heavy atom. The molecule has 0 fully saturated rings. The Labute approximate surface area is 157 Å². The molecule has 0 saturated heterocycles. The van der Waals surface area contributed by atoms with Gasteiger partial charge in [-0.25, -0.2) is 19.3 Å². The number of ether oxygens (including phenoxy) is 4. The van der Waals surface area contributed by atoms with Crippen molar-refractivity contribution < 1.29 is 38.4 Å². The number of hydrogen-bond acceptors (Lipinski definition) is 8. The molecule has 0 bridgehead atoms. The molecule has 0 saturated carbocycles. The Kier molecular flexibility index (Phi) is 5.88. The van der Waals surface area contributed by atoms with Crippen LogP contribution in [0.5, 0.6) is 5.75 Å². The number of amides is 1. The Morgan fingerprint density at radius 2 is 1.62 bits per heavy atom. The first-order valence-corrected chi connectivity index (χ1v) is 7.95. The number of benzene rings is 1. The maximum atomic E-state index is 12.2. The highest BCUT2D eigenvalue weighted by atomic mass is 79.9. The van der Waals surface area contributed by atoms with Crippen LogP contribution in [0.3, 0.4) is 0 Å². The SMILES string of the molecule is COC(=O)C(C(=O)OC)=C1c2cc(OC)c(Br)cc2N(C(=O)OC)C1O. The summed E-state index contributed by atoms with van der Waals surface area (Å²) in [6.45, 7) is 0. The van der Waals surface area contributed by atoms with Crippen LogP contribution in [0.15, 0.2) is 22.2 Å². The fraction of sp³-hybridized carbons (Fsp3) is 0.312. The van der Waals surface area contributed by atoms with E-state index in [1.165, 1.54) is 19.2 Å². The van der Waals surface area contributed by atoms with E-state index in [0.717, 1.165) is 26.2 Å². The number of halogens is 1. The van der Waals surface area contributed by atoms with Gasteiger partial charge in [-0.05, 0) is 28.1 Å². The third kappa shape index (κ3) is 3.13. The van der Waals surface area contributed by atoms with Gasteiger partial charge in [-0.3, -0.25) is 0 Å². The number of nitrogens with zero attached hydrogens (tertiary/aromatic N) is 1. The Bertz CT molecular complexity index is 786. The predicted molar refractivity (Wildman–Crippen MR) is 92.5 cm³/mol. The number of carbonyl (C=O) groups is 3. The van der Waals surface area contributed by atoms with Gasteiger partial charge in [0.1, 0.15) is 5.75 Å². The number of esters is 2. The van der Waals surface area contributed by atoms with Crippen LogP contribution in [0.25, 0.3) is 5.57 Å². The van der Waals surface area contributed by atoms with Crippen LogP contribution in [0.1, 0.15) is 5.56 Å². The zero-order valence-electron chi connectivity index (χ0n) is 14.4. The molecule has 10 heteroatoms. The average molecular weight is 430 g/mol. The highest BCUT2D eigenvalue weighted by Crippen LogP contribution is 2.46. The van der Waals surface area contributed by atoms with Crippen molar-refractivity contribution in [2.45, 2.75) is 6.23 Å². The molecule has 140 valence electrons. The molecule has 26 heavy (non-hydrogen) atoms.